The van der Waals surface area contributed by atoms with Crippen molar-refractivity contribution in [3.05, 3.63) is 12.4 Å². The lowest BCUT2D eigenvalue weighted by Crippen LogP contribution is -2.64. The van der Waals surface area contributed by atoms with Crippen molar-refractivity contribution in [1.29, 1.82) is 0 Å². The first-order valence-electron chi connectivity index (χ1n) is 4.96. The molecule has 1 rings (SSSR count). The first-order chi connectivity index (χ1) is 8.06. The number of aliphatic hydroxyl groups is 3. The summed E-state index contributed by atoms with van der Waals surface area (Å²) >= 11 is 0.782. The van der Waals surface area contributed by atoms with Crippen LogP contribution in [0.2, 0.25) is 0 Å². The van der Waals surface area contributed by atoms with E-state index in [4.69, 9.17) is 28.5 Å². The molecule has 1 aliphatic heterocycles. The fourth-order valence-electron chi connectivity index (χ4n) is 1.73. The molecule has 7 nitrogen and oxygen atoms in total. The Labute approximate surface area is 105 Å². The molecule has 1 fully saturated rings. The predicted molar refractivity (Wildman–Crippen MR) is 64.2 cm³/mol. The van der Waals surface area contributed by atoms with Crippen molar-refractivity contribution in [2.24, 2.45) is 11.6 Å². The van der Waals surface area contributed by atoms with Gasteiger partial charge in [0, 0.05) is 12.4 Å². The molecule has 96 valence electrons. The zero-order chi connectivity index (χ0) is 13.0. The zero-order valence-electron chi connectivity index (χ0n) is 9.09. The first kappa shape index (κ1) is 14.6. The highest BCUT2D eigenvalue weighted by atomic mass is 32.2. The van der Waals surface area contributed by atoms with Crippen LogP contribution >= 0.6 is 11.6 Å². The second-order valence-electron chi connectivity index (χ2n) is 3.62. The molecule has 0 aromatic carbocycles. The Morgan fingerprint density at radius 2 is 2.06 bits per heavy atom. The van der Waals surface area contributed by atoms with Crippen LogP contribution in [0.15, 0.2) is 12.4 Å². The van der Waals surface area contributed by atoms with Crippen molar-refractivity contribution in [2.75, 3.05) is 6.61 Å². The minimum Gasteiger partial charge on any atom is -0.403 e. The Balaban J connectivity index is 2.88. The van der Waals surface area contributed by atoms with E-state index in [-0.39, 0.29) is 0 Å². The molecule has 5 unspecified atom stereocenters. The molecule has 0 aromatic heterocycles. The molecule has 17 heavy (non-hydrogen) atoms. The number of hydrazine groups is 1. The van der Waals surface area contributed by atoms with Crippen LogP contribution in [-0.4, -0.2) is 63.8 Å². The summed E-state index contributed by atoms with van der Waals surface area (Å²) in [5, 5.41) is 30.0. The van der Waals surface area contributed by atoms with E-state index in [2.05, 4.69) is 0 Å². The Morgan fingerprint density at radius 1 is 1.41 bits per heavy atom. The number of hydrogen-bond donors (Lipinski definition) is 5. The largest absolute Gasteiger partial charge is 0.403 e. The average molecular weight is 261 g/mol. The van der Waals surface area contributed by atoms with Crippen LogP contribution in [0.5, 0.6) is 0 Å². The van der Waals surface area contributed by atoms with E-state index in [0.717, 1.165) is 16.6 Å². The van der Waals surface area contributed by atoms with Gasteiger partial charge in [-0.15, -0.1) is 0 Å². The monoisotopic (exact) mass is 261 g/mol. The maximum atomic E-state index is 9.95. The molecule has 9 heteroatoms. The van der Waals surface area contributed by atoms with Crippen LogP contribution in [0.1, 0.15) is 0 Å². The Bertz CT molecular complexity index is 257. The SMILES string of the molecule is [B]SC1OC(CO)C(O)C(N(N)/C=C\N)C1O. The van der Waals surface area contributed by atoms with E-state index < -0.39 is 36.4 Å². The van der Waals surface area contributed by atoms with Gasteiger partial charge in [0.25, 0.3) is 0 Å². The van der Waals surface area contributed by atoms with Gasteiger partial charge in [0.05, 0.1) is 6.61 Å². The maximum absolute atomic E-state index is 9.95. The van der Waals surface area contributed by atoms with Crippen LogP contribution in [0.4, 0.5) is 0 Å². The zero-order valence-corrected chi connectivity index (χ0v) is 9.90. The Kier molecular flexibility index (Phi) is 5.57. The third kappa shape index (κ3) is 3.06. The normalized spacial score (nSPS) is 38.5. The molecule has 1 aliphatic rings. The van der Waals surface area contributed by atoms with Gasteiger partial charge in [-0.25, -0.2) is 5.84 Å². The highest BCUT2D eigenvalue weighted by Crippen LogP contribution is 2.28. The van der Waals surface area contributed by atoms with E-state index >= 15 is 0 Å². The summed E-state index contributed by atoms with van der Waals surface area (Å²) in [6.45, 7) is -0.401. The lowest BCUT2D eigenvalue weighted by atomic mass is 9.97. The number of rotatable bonds is 4. The van der Waals surface area contributed by atoms with Crippen LogP contribution in [-0.2, 0) is 4.74 Å². The molecule has 1 saturated heterocycles. The van der Waals surface area contributed by atoms with Crippen LogP contribution < -0.4 is 11.6 Å². The van der Waals surface area contributed by atoms with Gasteiger partial charge in [0.15, 0.2) is 7.12 Å². The van der Waals surface area contributed by atoms with Crippen molar-refractivity contribution in [1.82, 2.24) is 5.01 Å². The minimum absolute atomic E-state index is 0.401. The molecule has 0 amide bonds. The quantitative estimate of drug-likeness (QED) is 0.209. The summed E-state index contributed by atoms with van der Waals surface area (Å²) in [5.41, 5.74) is 4.41. The van der Waals surface area contributed by atoms with Gasteiger partial charge in [0.1, 0.15) is 29.8 Å². The van der Waals surface area contributed by atoms with Crippen LogP contribution in [0, 0.1) is 0 Å². The van der Waals surface area contributed by atoms with Gasteiger partial charge in [-0.3, -0.25) is 0 Å². The molecule has 0 aromatic rings. The Hall–Kier alpha value is -0.445. The van der Waals surface area contributed by atoms with Crippen molar-refractivity contribution in [3.8, 4) is 0 Å². The van der Waals surface area contributed by atoms with E-state index in [1.54, 1.807) is 0 Å². The Morgan fingerprint density at radius 3 is 2.53 bits per heavy atom. The van der Waals surface area contributed by atoms with Crippen LogP contribution in [0.25, 0.3) is 0 Å². The lowest BCUT2D eigenvalue weighted by Gasteiger charge is -2.44. The minimum atomic E-state index is -1.15. The summed E-state index contributed by atoms with van der Waals surface area (Å²) in [7, 11) is 5.36. The lowest BCUT2D eigenvalue weighted by molar-refractivity contribution is -0.183. The highest BCUT2D eigenvalue weighted by Gasteiger charge is 2.45. The topological polar surface area (TPSA) is 125 Å². The summed E-state index contributed by atoms with van der Waals surface area (Å²) in [6.07, 6.45) is -0.645. The van der Waals surface area contributed by atoms with E-state index in [1.807, 2.05) is 0 Å². The standard InChI is InChI=1S/C8H16BN3O4S/c9-17-8-7(15)5(12(11)2-1-10)6(14)4(3-13)16-8/h1-2,4-8,13-15H,3,10-11H2/b2-1-. The molecule has 0 saturated carbocycles. The molecule has 1 heterocycles. The third-order valence-electron chi connectivity index (χ3n) is 2.59. The molecule has 7 N–H and O–H groups in total. The molecular weight excluding hydrogens is 245 g/mol. The second kappa shape index (κ2) is 6.48. The molecular formula is C8H16BN3O4S. The van der Waals surface area contributed by atoms with Gasteiger partial charge in [-0.05, 0) is 0 Å². The summed E-state index contributed by atoms with van der Waals surface area (Å²) in [6, 6.07) is -0.859. The van der Waals surface area contributed by atoms with E-state index in [1.165, 1.54) is 12.4 Å². The number of ether oxygens (including phenoxy) is 1. The summed E-state index contributed by atoms with van der Waals surface area (Å²) in [4.78, 5) is 0. The number of nitrogens with zero attached hydrogens (tertiary/aromatic N) is 1. The van der Waals surface area contributed by atoms with Crippen molar-refractivity contribution in [2.45, 2.75) is 29.8 Å². The van der Waals surface area contributed by atoms with Crippen molar-refractivity contribution >= 4 is 18.7 Å². The van der Waals surface area contributed by atoms with Gasteiger partial charge < -0.3 is 30.8 Å². The van der Waals surface area contributed by atoms with Crippen LogP contribution in [0.3, 0.4) is 0 Å². The van der Waals surface area contributed by atoms with Crippen molar-refractivity contribution < 1.29 is 20.1 Å². The maximum Gasteiger partial charge on any atom is 0.165 e. The van der Waals surface area contributed by atoms with Gasteiger partial charge in [-0.2, -0.15) is 11.6 Å². The van der Waals surface area contributed by atoms with Gasteiger partial charge in [-0.1, -0.05) is 0 Å². The third-order valence-corrected chi connectivity index (χ3v) is 3.24. The van der Waals surface area contributed by atoms with E-state index in [0.29, 0.717) is 0 Å². The molecule has 0 aliphatic carbocycles. The number of aliphatic hydroxyl groups excluding tert-OH is 3. The van der Waals surface area contributed by atoms with E-state index in [9.17, 15) is 10.2 Å². The number of hydrogen-bond acceptors (Lipinski definition) is 8. The fraction of sp³-hybridized carbons (Fsp3) is 0.750. The molecule has 0 bridgehead atoms. The number of nitrogens with two attached hydrogens (primary N) is 2. The van der Waals surface area contributed by atoms with Gasteiger partial charge in [0.2, 0.25) is 0 Å². The first-order valence-corrected chi connectivity index (χ1v) is 5.90. The second-order valence-corrected chi connectivity index (χ2v) is 4.36. The van der Waals surface area contributed by atoms with Gasteiger partial charge >= 0.3 is 0 Å². The molecule has 5 atom stereocenters. The van der Waals surface area contributed by atoms with Crippen molar-refractivity contribution in [3.63, 3.8) is 0 Å². The summed E-state index contributed by atoms with van der Waals surface area (Å²) < 4.78 is 5.22. The average Bonchev–Trinajstić information content (AvgIpc) is 2.30. The smallest absolute Gasteiger partial charge is 0.165 e. The molecule has 0 spiro atoms. The fourth-order valence-corrected chi connectivity index (χ4v) is 2.26. The highest BCUT2D eigenvalue weighted by molar-refractivity contribution is 8.20. The predicted octanol–water partition coefficient (Wildman–Crippen LogP) is -2.78. The summed E-state index contributed by atoms with van der Waals surface area (Å²) in [5.74, 6) is 5.63. The molecule has 2 radical (unpaired) electrons.